The van der Waals surface area contributed by atoms with E-state index in [1.165, 1.54) is 18.7 Å². The van der Waals surface area contributed by atoms with Gasteiger partial charge in [-0.15, -0.1) is 0 Å². The molecular weight excluding hydrogens is 310 g/mol. The normalized spacial score (nSPS) is 21.1. The van der Waals surface area contributed by atoms with Crippen LogP contribution in [0.2, 0.25) is 0 Å². The zero-order valence-corrected chi connectivity index (χ0v) is 13.2. The maximum atomic E-state index is 12.6. The van der Waals surface area contributed by atoms with Crippen molar-refractivity contribution in [3.05, 3.63) is 54.6 Å². The Morgan fingerprint density at radius 2 is 2.04 bits per heavy atom. The van der Waals surface area contributed by atoms with Crippen molar-refractivity contribution < 1.29 is 19.4 Å². The highest BCUT2D eigenvalue weighted by atomic mass is 16.5. The topological polar surface area (TPSA) is 84.8 Å². The van der Waals surface area contributed by atoms with Crippen LogP contribution >= 0.6 is 0 Å². The fraction of sp³-hybridized carbons (Fsp3) is 0.353. The van der Waals surface area contributed by atoms with Crippen molar-refractivity contribution in [3.63, 3.8) is 0 Å². The number of ether oxygens (including phenoxy) is 2. The minimum absolute atomic E-state index is 0.0338. The van der Waals surface area contributed by atoms with Crippen LogP contribution in [0.1, 0.15) is 10.4 Å². The van der Waals surface area contributed by atoms with Gasteiger partial charge in [0.25, 0.3) is 5.91 Å². The summed E-state index contributed by atoms with van der Waals surface area (Å²) in [5.74, 6) is 0.420. The Morgan fingerprint density at radius 1 is 1.29 bits per heavy atom. The second-order valence-corrected chi connectivity index (χ2v) is 5.73. The Bertz CT molecular complexity index is 668. The van der Waals surface area contributed by atoms with Gasteiger partial charge in [0.1, 0.15) is 24.3 Å². The van der Waals surface area contributed by atoms with Gasteiger partial charge >= 0.3 is 0 Å². The molecule has 2 aromatic rings. The molecule has 0 aliphatic carbocycles. The number of para-hydroxylation sites is 1. The Labute approximate surface area is 139 Å². The van der Waals surface area contributed by atoms with Crippen molar-refractivity contribution in [2.75, 3.05) is 32.9 Å². The minimum Gasteiger partial charge on any atom is -0.490 e. The lowest BCUT2D eigenvalue weighted by Crippen LogP contribution is -2.50. The zero-order valence-electron chi connectivity index (χ0n) is 13.2. The van der Waals surface area contributed by atoms with Crippen LogP contribution in [-0.2, 0) is 4.74 Å². The van der Waals surface area contributed by atoms with E-state index >= 15 is 0 Å². The molecule has 1 saturated heterocycles. The molecular formula is C17H19N3O4. The molecule has 7 heteroatoms. The summed E-state index contributed by atoms with van der Waals surface area (Å²) in [7, 11) is 0. The Hall–Kier alpha value is -2.51. The van der Waals surface area contributed by atoms with Gasteiger partial charge in [0, 0.05) is 18.9 Å². The van der Waals surface area contributed by atoms with Crippen molar-refractivity contribution in [1.82, 2.24) is 14.9 Å². The van der Waals surface area contributed by atoms with Gasteiger partial charge in [0.05, 0.1) is 25.3 Å². The molecule has 0 radical (unpaired) electrons. The van der Waals surface area contributed by atoms with E-state index in [9.17, 15) is 9.90 Å². The van der Waals surface area contributed by atoms with Crippen LogP contribution in [0.3, 0.4) is 0 Å². The highest BCUT2D eigenvalue weighted by molar-refractivity contribution is 5.93. The number of rotatable bonds is 4. The summed E-state index contributed by atoms with van der Waals surface area (Å²) < 4.78 is 11.1. The third-order valence-electron chi connectivity index (χ3n) is 3.71. The fourth-order valence-corrected chi connectivity index (χ4v) is 2.50. The van der Waals surface area contributed by atoms with E-state index in [0.29, 0.717) is 24.5 Å². The predicted octanol–water partition coefficient (Wildman–Crippen LogP) is 0.759. The number of carbonyl (C=O) groups excluding carboxylic acids is 1. The van der Waals surface area contributed by atoms with E-state index in [1.807, 2.05) is 30.3 Å². The number of benzene rings is 1. The molecule has 24 heavy (non-hydrogen) atoms. The van der Waals surface area contributed by atoms with Crippen LogP contribution < -0.4 is 4.74 Å². The van der Waals surface area contributed by atoms with Gasteiger partial charge in [-0.3, -0.25) is 4.79 Å². The molecule has 1 N–H and O–H groups in total. The Morgan fingerprint density at radius 3 is 2.79 bits per heavy atom. The van der Waals surface area contributed by atoms with Gasteiger partial charge < -0.3 is 19.5 Å². The first-order valence-electron chi connectivity index (χ1n) is 7.69. The van der Waals surface area contributed by atoms with Gasteiger partial charge in [-0.1, -0.05) is 18.2 Å². The maximum absolute atomic E-state index is 12.6. The molecule has 1 aliphatic heterocycles. The molecule has 1 fully saturated rings. The minimum atomic E-state index is -1.28. The molecule has 2 heterocycles. The largest absolute Gasteiger partial charge is 0.490 e. The highest BCUT2D eigenvalue weighted by Crippen LogP contribution is 2.17. The van der Waals surface area contributed by atoms with Crippen LogP contribution in [0.4, 0.5) is 0 Å². The molecule has 0 unspecified atom stereocenters. The van der Waals surface area contributed by atoms with Crippen molar-refractivity contribution in [3.8, 4) is 5.75 Å². The lowest BCUT2D eigenvalue weighted by molar-refractivity contribution is -0.0621. The molecule has 126 valence electrons. The van der Waals surface area contributed by atoms with Crippen molar-refractivity contribution in [1.29, 1.82) is 0 Å². The lowest BCUT2D eigenvalue weighted by Gasteiger charge is -2.30. The molecule has 0 spiro atoms. The average molecular weight is 329 g/mol. The maximum Gasteiger partial charge on any atom is 0.257 e. The van der Waals surface area contributed by atoms with Gasteiger partial charge in [0.15, 0.2) is 0 Å². The van der Waals surface area contributed by atoms with Gasteiger partial charge in [-0.05, 0) is 12.1 Å². The summed E-state index contributed by atoms with van der Waals surface area (Å²) in [6.45, 7) is 1.00. The molecule has 7 nitrogen and oxygen atoms in total. The van der Waals surface area contributed by atoms with E-state index in [4.69, 9.17) is 9.47 Å². The summed E-state index contributed by atoms with van der Waals surface area (Å²) >= 11 is 0. The number of aromatic nitrogens is 2. The van der Waals surface area contributed by atoms with Crippen LogP contribution in [-0.4, -0.2) is 64.4 Å². The van der Waals surface area contributed by atoms with Crippen molar-refractivity contribution >= 4 is 5.91 Å². The first kappa shape index (κ1) is 16.4. The van der Waals surface area contributed by atoms with Gasteiger partial charge in [-0.2, -0.15) is 0 Å². The first-order chi connectivity index (χ1) is 11.7. The molecule has 1 amide bonds. The number of amides is 1. The second kappa shape index (κ2) is 7.37. The summed E-state index contributed by atoms with van der Waals surface area (Å²) in [4.78, 5) is 21.8. The Kier molecular flexibility index (Phi) is 5.02. The third kappa shape index (κ3) is 4.06. The molecule has 0 saturated carbocycles. The molecule has 1 aromatic carbocycles. The van der Waals surface area contributed by atoms with Crippen molar-refractivity contribution in [2.24, 2.45) is 0 Å². The number of hydrogen-bond donors (Lipinski definition) is 1. The van der Waals surface area contributed by atoms with E-state index in [0.717, 1.165) is 0 Å². The number of hydrogen-bond acceptors (Lipinski definition) is 6. The fourth-order valence-electron chi connectivity index (χ4n) is 2.50. The summed E-state index contributed by atoms with van der Waals surface area (Å²) in [6.07, 6.45) is 4.29. The van der Waals surface area contributed by atoms with Crippen LogP contribution in [0.5, 0.6) is 5.75 Å². The quantitative estimate of drug-likeness (QED) is 0.891. The van der Waals surface area contributed by atoms with Crippen LogP contribution in [0.25, 0.3) is 0 Å². The highest BCUT2D eigenvalue weighted by Gasteiger charge is 2.35. The predicted molar refractivity (Wildman–Crippen MR) is 85.6 cm³/mol. The van der Waals surface area contributed by atoms with E-state index in [-0.39, 0.29) is 25.7 Å². The van der Waals surface area contributed by atoms with Gasteiger partial charge in [-0.25, -0.2) is 9.97 Å². The first-order valence-corrected chi connectivity index (χ1v) is 7.69. The number of nitrogens with zero attached hydrogens (tertiary/aromatic N) is 3. The standard InChI is InChI=1S/C17H19N3O4/c21-16(14-8-18-13-19-9-14)20-6-7-23-11-17(22,10-20)12-24-15-4-2-1-3-5-15/h1-5,8-9,13,22H,6-7,10-12H2/t17-/m1/s1. The van der Waals surface area contributed by atoms with Crippen LogP contribution in [0, 0.1) is 0 Å². The van der Waals surface area contributed by atoms with Gasteiger partial charge in [0.2, 0.25) is 0 Å². The SMILES string of the molecule is O=C(c1cncnc1)N1CCOC[C@@](O)(COc2ccccc2)C1. The Balaban J connectivity index is 1.68. The summed E-state index contributed by atoms with van der Waals surface area (Å²) in [6, 6.07) is 9.22. The number of β-amino-alcohol motifs (C(OH)–C–C–N with tert-alkyl or cyclic N) is 1. The number of aliphatic hydroxyl groups is 1. The zero-order chi connectivity index (χ0) is 16.8. The lowest BCUT2D eigenvalue weighted by atomic mass is 10.1. The monoisotopic (exact) mass is 329 g/mol. The van der Waals surface area contributed by atoms with Crippen LogP contribution in [0.15, 0.2) is 49.1 Å². The van der Waals surface area contributed by atoms with E-state index in [1.54, 1.807) is 4.90 Å². The van der Waals surface area contributed by atoms with E-state index < -0.39 is 5.60 Å². The smallest absolute Gasteiger partial charge is 0.257 e. The number of carbonyl (C=O) groups is 1. The second-order valence-electron chi connectivity index (χ2n) is 5.73. The summed E-state index contributed by atoms with van der Waals surface area (Å²) in [5.41, 5.74) is -0.900. The summed E-state index contributed by atoms with van der Waals surface area (Å²) in [5, 5.41) is 10.8. The average Bonchev–Trinajstić information content (AvgIpc) is 2.83. The third-order valence-corrected chi connectivity index (χ3v) is 3.71. The molecule has 3 rings (SSSR count). The molecule has 1 aromatic heterocycles. The molecule has 0 bridgehead atoms. The van der Waals surface area contributed by atoms with E-state index in [2.05, 4.69) is 9.97 Å². The molecule has 1 aliphatic rings. The van der Waals surface area contributed by atoms with Crippen molar-refractivity contribution in [2.45, 2.75) is 5.60 Å². The molecule has 1 atom stereocenters.